The summed E-state index contributed by atoms with van der Waals surface area (Å²) in [4.78, 5) is 10.1. The van der Waals surface area contributed by atoms with Crippen LogP contribution in [0.3, 0.4) is 0 Å². The first-order valence-corrected chi connectivity index (χ1v) is 7.62. The van der Waals surface area contributed by atoms with Crippen molar-refractivity contribution in [2.45, 2.75) is 6.42 Å². The van der Waals surface area contributed by atoms with Crippen molar-refractivity contribution in [2.75, 3.05) is 11.9 Å². The topological polar surface area (TPSA) is 37.8 Å². The molecule has 0 saturated carbocycles. The summed E-state index contributed by atoms with van der Waals surface area (Å²) in [5, 5.41) is 4.33. The molecule has 0 aliphatic carbocycles. The van der Waals surface area contributed by atoms with Gasteiger partial charge in [-0.25, -0.2) is 9.97 Å². The second-order valence-electron chi connectivity index (χ2n) is 4.14. The smallest absolute Gasteiger partial charge is 0.223 e. The Hall–Kier alpha value is -1.46. The maximum absolute atomic E-state index is 4.48. The van der Waals surface area contributed by atoms with Crippen LogP contribution in [-0.2, 0) is 6.42 Å². The number of fused-ring (bicyclic) bond motifs is 1. The summed E-state index contributed by atoms with van der Waals surface area (Å²) < 4.78 is 1.17. The molecular weight excluding hydrogens is 322 g/mol. The number of thiophene rings is 1. The Bertz CT molecular complexity index is 696. The first-order chi connectivity index (χ1) is 9.31. The van der Waals surface area contributed by atoms with Gasteiger partial charge in [-0.1, -0.05) is 18.2 Å². The number of nitrogens with zero attached hydrogens (tertiary/aromatic N) is 2. The maximum Gasteiger partial charge on any atom is 0.223 e. The fraction of sp³-hybridized carbons (Fsp3) is 0.143. The summed E-state index contributed by atoms with van der Waals surface area (Å²) in [6, 6.07) is 12.2. The van der Waals surface area contributed by atoms with Crippen LogP contribution in [0.25, 0.3) is 10.9 Å². The number of nitrogens with one attached hydrogen (secondary N) is 1. The Balaban J connectivity index is 1.65. The van der Waals surface area contributed by atoms with Crippen molar-refractivity contribution in [3.05, 3.63) is 51.3 Å². The molecule has 0 unspecified atom stereocenters. The average molecular weight is 334 g/mol. The number of aromatic nitrogens is 2. The Morgan fingerprint density at radius 1 is 1.16 bits per heavy atom. The third-order valence-electron chi connectivity index (χ3n) is 2.77. The monoisotopic (exact) mass is 333 g/mol. The lowest BCUT2D eigenvalue weighted by atomic mass is 10.2. The Kier molecular flexibility index (Phi) is 3.75. The Morgan fingerprint density at radius 3 is 2.89 bits per heavy atom. The molecule has 3 rings (SSSR count). The van der Waals surface area contributed by atoms with Gasteiger partial charge in [0.05, 0.1) is 9.30 Å². The van der Waals surface area contributed by atoms with E-state index in [-0.39, 0.29) is 0 Å². The molecule has 5 heteroatoms. The molecule has 96 valence electrons. The van der Waals surface area contributed by atoms with Crippen LogP contribution >= 0.6 is 27.3 Å². The molecule has 0 bridgehead atoms. The van der Waals surface area contributed by atoms with E-state index in [9.17, 15) is 0 Å². The zero-order valence-electron chi connectivity index (χ0n) is 10.1. The fourth-order valence-electron chi connectivity index (χ4n) is 1.84. The van der Waals surface area contributed by atoms with E-state index < -0.39 is 0 Å². The van der Waals surface area contributed by atoms with Crippen LogP contribution in [0.5, 0.6) is 0 Å². The van der Waals surface area contributed by atoms with Crippen LogP contribution in [0.1, 0.15) is 4.88 Å². The van der Waals surface area contributed by atoms with Gasteiger partial charge >= 0.3 is 0 Å². The van der Waals surface area contributed by atoms with Crippen molar-refractivity contribution < 1.29 is 0 Å². The average Bonchev–Trinajstić information content (AvgIpc) is 2.84. The predicted molar refractivity (Wildman–Crippen MR) is 83.8 cm³/mol. The highest BCUT2D eigenvalue weighted by Gasteiger charge is 2.00. The summed E-state index contributed by atoms with van der Waals surface area (Å²) in [6.45, 7) is 0.839. The molecule has 0 aliphatic heterocycles. The predicted octanol–water partition coefficient (Wildman–Crippen LogP) is 4.11. The van der Waals surface area contributed by atoms with Crippen molar-refractivity contribution in [2.24, 2.45) is 0 Å². The van der Waals surface area contributed by atoms with Crippen LogP contribution in [0.15, 0.2) is 46.4 Å². The zero-order chi connectivity index (χ0) is 13.1. The van der Waals surface area contributed by atoms with Crippen molar-refractivity contribution >= 4 is 44.1 Å². The van der Waals surface area contributed by atoms with Gasteiger partial charge in [-0.15, -0.1) is 11.3 Å². The lowest BCUT2D eigenvalue weighted by molar-refractivity contribution is 1.01. The van der Waals surface area contributed by atoms with Gasteiger partial charge in [0.25, 0.3) is 0 Å². The number of rotatable bonds is 4. The minimum absolute atomic E-state index is 0.689. The quantitative estimate of drug-likeness (QED) is 0.780. The molecule has 0 fully saturated rings. The standard InChI is InChI=1S/C14H12BrN3S/c15-13-6-5-11(19-13)7-8-16-14-17-9-10-3-1-2-4-12(10)18-14/h1-6,9H,7-8H2,(H,16,17,18). The fourth-order valence-corrected chi connectivity index (χ4v) is 3.32. The van der Waals surface area contributed by atoms with Gasteiger partial charge < -0.3 is 5.32 Å². The van der Waals surface area contributed by atoms with E-state index in [1.807, 2.05) is 30.5 Å². The summed E-state index contributed by atoms with van der Waals surface area (Å²) in [6.07, 6.45) is 2.83. The van der Waals surface area contributed by atoms with Crippen molar-refractivity contribution in [3.63, 3.8) is 0 Å². The number of anilines is 1. The maximum atomic E-state index is 4.48. The molecule has 19 heavy (non-hydrogen) atoms. The summed E-state index contributed by atoms with van der Waals surface area (Å²) >= 11 is 5.23. The first kappa shape index (κ1) is 12.6. The third kappa shape index (κ3) is 3.11. The van der Waals surface area contributed by atoms with Crippen LogP contribution in [-0.4, -0.2) is 16.5 Å². The van der Waals surface area contributed by atoms with E-state index in [1.165, 1.54) is 8.66 Å². The molecule has 0 amide bonds. The molecule has 2 heterocycles. The van der Waals surface area contributed by atoms with Gasteiger partial charge in [-0.2, -0.15) is 0 Å². The van der Waals surface area contributed by atoms with Gasteiger partial charge in [0, 0.05) is 23.0 Å². The number of halogens is 1. The number of hydrogen-bond donors (Lipinski definition) is 1. The summed E-state index contributed by atoms with van der Waals surface area (Å²) in [7, 11) is 0. The second kappa shape index (κ2) is 5.67. The minimum Gasteiger partial charge on any atom is -0.354 e. The Morgan fingerprint density at radius 2 is 2.05 bits per heavy atom. The molecule has 0 radical (unpaired) electrons. The van der Waals surface area contributed by atoms with E-state index in [0.717, 1.165) is 23.9 Å². The molecule has 0 spiro atoms. The SMILES string of the molecule is Brc1ccc(CCNc2ncc3ccccc3n2)s1. The minimum atomic E-state index is 0.689. The third-order valence-corrected chi connectivity index (χ3v) is 4.46. The van der Waals surface area contributed by atoms with Gasteiger partial charge in [-0.05, 0) is 40.5 Å². The van der Waals surface area contributed by atoms with E-state index in [4.69, 9.17) is 0 Å². The van der Waals surface area contributed by atoms with Crippen LogP contribution in [0, 0.1) is 0 Å². The Labute approximate surface area is 123 Å². The highest BCUT2D eigenvalue weighted by Crippen LogP contribution is 2.22. The molecule has 3 nitrogen and oxygen atoms in total. The summed E-state index contributed by atoms with van der Waals surface area (Å²) in [5.74, 6) is 0.689. The second-order valence-corrected chi connectivity index (χ2v) is 6.68. The van der Waals surface area contributed by atoms with E-state index >= 15 is 0 Å². The molecule has 1 aromatic carbocycles. The number of para-hydroxylation sites is 1. The van der Waals surface area contributed by atoms with Crippen LogP contribution in [0.4, 0.5) is 5.95 Å². The highest BCUT2D eigenvalue weighted by molar-refractivity contribution is 9.11. The van der Waals surface area contributed by atoms with Gasteiger partial charge in [0.1, 0.15) is 0 Å². The van der Waals surface area contributed by atoms with Crippen molar-refractivity contribution in [1.82, 2.24) is 9.97 Å². The summed E-state index contributed by atoms with van der Waals surface area (Å²) in [5.41, 5.74) is 0.971. The first-order valence-electron chi connectivity index (χ1n) is 6.01. The van der Waals surface area contributed by atoms with Gasteiger partial charge in [0.2, 0.25) is 5.95 Å². The van der Waals surface area contributed by atoms with E-state index in [2.05, 4.69) is 43.3 Å². The zero-order valence-corrected chi connectivity index (χ0v) is 12.5. The number of benzene rings is 1. The van der Waals surface area contributed by atoms with E-state index in [0.29, 0.717) is 5.95 Å². The highest BCUT2D eigenvalue weighted by atomic mass is 79.9. The molecular formula is C14H12BrN3S. The van der Waals surface area contributed by atoms with Crippen molar-refractivity contribution in [3.8, 4) is 0 Å². The normalized spacial score (nSPS) is 10.8. The molecule has 3 aromatic rings. The molecule has 0 saturated heterocycles. The van der Waals surface area contributed by atoms with Crippen LogP contribution < -0.4 is 5.32 Å². The van der Waals surface area contributed by atoms with E-state index in [1.54, 1.807) is 11.3 Å². The van der Waals surface area contributed by atoms with Gasteiger partial charge in [-0.3, -0.25) is 0 Å². The lowest BCUT2D eigenvalue weighted by Crippen LogP contribution is -2.07. The molecule has 0 aliphatic rings. The van der Waals surface area contributed by atoms with Crippen LogP contribution in [0.2, 0.25) is 0 Å². The molecule has 0 atom stereocenters. The number of hydrogen-bond acceptors (Lipinski definition) is 4. The molecule has 1 N–H and O–H groups in total. The van der Waals surface area contributed by atoms with Gasteiger partial charge in [0.15, 0.2) is 0 Å². The van der Waals surface area contributed by atoms with Crippen molar-refractivity contribution in [1.29, 1.82) is 0 Å². The largest absolute Gasteiger partial charge is 0.354 e. The molecule has 2 aromatic heterocycles. The lowest BCUT2D eigenvalue weighted by Gasteiger charge is -2.04.